The van der Waals surface area contributed by atoms with Crippen LogP contribution in [0.3, 0.4) is 0 Å². The summed E-state index contributed by atoms with van der Waals surface area (Å²) in [5, 5.41) is 39.3. The lowest BCUT2D eigenvalue weighted by Crippen LogP contribution is -2.59. The highest BCUT2D eigenvalue weighted by Crippen LogP contribution is 2.32. The number of hydrogen-bond donors (Lipinski definition) is 4. The van der Waals surface area contributed by atoms with Gasteiger partial charge in [0.25, 0.3) is 0 Å². The molecule has 156 valence electrons. The second kappa shape index (κ2) is 8.93. The molecule has 8 nitrogen and oxygen atoms in total. The Balaban J connectivity index is 2.00. The fraction of sp³-hybridized carbons (Fsp3) is 0.368. The number of halogens is 2. The Hall–Kier alpha value is -1.78. The quantitative estimate of drug-likeness (QED) is 0.524. The molecule has 1 fully saturated rings. The number of benzene rings is 1. The van der Waals surface area contributed by atoms with Crippen molar-refractivity contribution in [2.75, 3.05) is 6.61 Å². The Bertz CT molecular complexity index is 875. The number of allylic oxidation sites excluding steroid dienone is 3. The molecule has 1 aromatic carbocycles. The first-order chi connectivity index (χ1) is 13.8. The Morgan fingerprint density at radius 3 is 2.24 bits per heavy atom. The van der Waals surface area contributed by atoms with Crippen LogP contribution in [0.1, 0.15) is 27.1 Å². The number of ketones is 2. The van der Waals surface area contributed by atoms with Gasteiger partial charge < -0.3 is 29.9 Å². The third-order valence-electron chi connectivity index (χ3n) is 4.71. The zero-order chi connectivity index (χ0) is 21.3. The van der Waals surface area contributed by atoms with Crippen LogP contribution < -0.4 is 0 Å². The molecule has 5 unspecified atom stereocenters. The van der Waals surface area contributed by atoms with Gasteiger partial charge in [-0.25, -0.2) is 0 Å². The van der Waals surface area contributed by atoms with Crippen LogP contribution in [-0.2, 0) is 9.47 Å². The van der Waals surface area contributed by atoms with Crippen molar-refractivity contribution in [1.29, 1.82) is 0 Å². The van der Waals surface area contributed by atoms with E-state index in [-0.39, 0.29) is 27.6 Å². The first kappa shape index (κ1) is 21.9. The Morgan fingerprint density at radius 2 is 1.66 bits per heavy atom. The van der Waals surface area contributed by atoms with E-state index in [9.17, 15) is 30.0 Å². The number of Topliss-reactive ketones (excluding diaryl/α,β-unsaturated/α-hetero) is 2. The summed E-state index contributed by atoms with van der Waals surface area (Å²) in [7, 11) is 0. The van der Waals surface area contributed by atoms with Crippen molar-refractivity contribution in [3.8, 4) is 0 Å². The lowest BCUT2D eigenvalue weighted by molar-refractivity contribution is -0.290. The maximum absolute atomic E-state index is 13.0. The van der Waals surface area contributed by atoms with Gasteiger partial charge in [-0.1, -0.05) is 47.5 Å². The molecule has 0 bridgehead atoms. The molecule has 1 aromatic rings. The van der Waals surface area contributed by atoms with Crippen LogP contribution in [0.5, 0.6) is 0 Å². The lowest BCUT2D eigenvalue weighted by Gasteiger charge is -2.40. The third-order valence-corrected chi connectivity index (χ3v) is 5.02. The van der Waals surface area contributed by atoms with Gasteiger partial charge in [-0.3, -0.25) is 9.59 Å². The minimum absolute atomic E-state index is 0.0653. The summed E-state index contributed by atoms with van der Waals surface area (Å²) in [6.07, 6.45) is -6.72. The van der Waals surface area contributed by atoms with Gasteiger partial charge in [-0.15, -0.1) is 0 Å². The van der Waals surface area contributed by atoms with E-state index < -0.39 is 54.6 Å². The third kappa shape index (κ3) is 4.24. The van der Waals surface area contributed by atoms with Crippen LogP contribution in [0.4, 0.5) is 0 Å². The average Bonchev–Trinajstić information content (AvgIpc) is 2.71. The summed E-state index contributed by atoms with van der Waals surface area (Å²) in [6.45, 7) is -0.670. The van der Waals surface area contributed by atoms with E-state index in [0.717, 1.165) is 0 Å². The fourth-order valence-corrected chi connectivity index (χ4v) is 3.33. The Kier molecular flexibility index (Phi) is 6.75. The van der Waals surface area contributed by atoms with Gasteiger partial charge in [0.05, 0.1) is 12.2 Å². The summed E-state index contributed by atoms with van der Waals surface area (Å²) in [5.41, 5.74) is 0.207. The molecule has 0 radical (unpaired) electrons. The van der Waals surface area contributed by atoms with Gasteiger partial charge in [0, 0.05) is 17.5 Å². The zero-order valence-electron chi connectivity index (χ0n) is 14.9. The second-order valence-corrected chi connectivity index (χ2v) is 7.53. The number of carbonyl (C=O) groups is 2. The van der Waals surface area contributed by atoms with Crippen molar-refractivity contribution in [3.63, 3.8) is 0 Å². The topological polar surface area (TPSA) is 134 Å². The number of ether oxygens (including phenoxy) is 2. The van der Waals surface area contributed by atoms with Gasteiger partial charge in [-0.2, -0.15) is 0 Å². The minimum Gasteiger partial charge on any atom is -0.457 e. The molecule has 1 aliphatic carbocycles. The standard InChI is InChI=1S/C19H18Cl2O8/c20-12(21)6-5-10-13(23)8-3-1-2-4-9(8)14(24)18(10)29-19-17(27)16(26)15(25)11(7-22)28-19/h1-4,6,11,15-17,19,22,25-27H,5,7H2. The summed E-state index contributed by atoms with van der Waals surface area (Å²) in [6, 6.07) is 6.13. The molecule has 10 heteroatoms. The van der Waals surface area contributed by atoms with E-state index in [4.69, 9.17) is 32.7 Å². The van der Waals surface area contributed by atoms with E-state index in [0.29, 0.717) is 0 Å². The zero-order valence-corrected chi connectivity index (χ0v) is 16.4. The van der Waals surface area contributed by atoms with Crippen LogP contribution in [0.15, 0.2) is 46.2 Å². The van der Waals surface area contributed by atoms with Gasteiger partial charge in [0.2, 0.25) is 12.1 Å². The van der Waals surface area contributed by atoms with Crippen LogP contribution >= 0.6 is 23.2 Å². The molecule has 2 aliphatic rings. The molecular formula is C19H18Cl2O8. The molecule has 0 spiro atoms. The van der Waals surface area contributed by atoms with Crippen molar-refractivity contribution in [2.24, 2.45) is 0 Å². The van der Waals surface area contributed by atoms with E-state index in [1.54, 1.807) is 12.1 Å². The second-order valence-electron chi connectivity index (χ2n) is 6.52. The Morgan fingerprint density at radius 1 is 1.03 bits per heavy atom. The molecule has 0 saturated carbocycles. The summed E-state index contributed by atoms with van der Waals surface area (Å²) in [5.74, 6) is -1.53. The number of aliphatic hydroxyl groups excluding tert-OH is 4. The molecule has 0 amide bonds. The normalized spacial score (nSPS) is 29.5. The molecular weight excluding hydrogens is 427 g/mol. The first-order valence-electron chi connectivity index (χ1n) is 8.66. The molecule has 1 heterocycles. The largest absolute Gasteiger partial charge is 0.457 e. The van der Waals surface area contributed by atoms with E-state index in [2.05, 4.69) is 0 Å². The molecule has 0 aromatic heterocycles. The van der Waals surface area contributed by atoms with Gasteiger partial charge >= 0.3 is 0 Å². The molecule has 1 saturated heterocycles. The van der Waals surface area contributed by atoms with Crippen molar-refractivity contribution in [1.82, 2.24) is 0 Å². The number of aliphatic hydroxyl groups is 4. The molecule has 3 rings (SSSR count). The predicted octanol–water partition coefficient (Wildman–Crippen LogP) is 0.845. The number of carbonyl (C=O) groups excluding carboxylic acids is 2. The maximum atomic E-state index is 13.0. The number of hydrogen-bond acceptors (Lipinski definition) is 8. The van der Waals surface area contributed by atoms with Gasteiger partial charge in [-0.05, 0) is 6.08 Å². The summed E-state index contributed by atoms with van der Waals surface area (Å²) >= 11 is 11.3. The smallest absolute Gasteiger partial charge is 0.229 e. The highest BCUT2D eigenvalue weighted by molar-refractivity contribution is 6.55. The highest BCUT2D eigenvalue weighted by atomic mass is 35.5. The van der Waals surface area contributed by atoms with Crippen molar-refractivity contribution >= 4 is 34.8 Å². The van der Waals surface area contributed by atoms with Crippen LogP contribution in [-0.4, -0.2) is 69.3 Å². The minimum atomic E-state index is -1.74. The lowest BCUT2D eigenvalue weighted by atomic mass is 9.86. The van der Waals surface area contributed by atoms with Crippen LogP contribution in [0, 0.1) is 0 Å². The van der Waals surface area contributed by atoms with E-state index in [1.165, 1.54) is 18.2 Å². The average molecular weight is 445 g/mol. The van der Waals surface area contributed by atoms with Crippen LogP contribution in [0.2, 0.25) is 0 Å². The highest BCUT2D eigenvalue weighted by Gasteiger charge is 2.46. The van der Waals surface area contributed by atoms with Crippen molar-refractivity contribution in [2.45, 2.75) is 37.1 Å². The van der Waals surface area contributed by atoms with Crippen LogP contribution in [0.25, 0.3) is 0 Å². The summed E-state index contributed by atoms with van der Waals surface area (Å²) in [4.78, 5) is 25.9. The maximum Gasteiger partial charge on any atom is 0.229 e. The predicted molar refractivity (Wildman–Crippen MR) is 101 cm³/mol. The molecule has 29 heavy (non-hydrogen) atoms. The monoisotopic (exact) mass is 444 g/mol. The molecule has 5 atom stereocenters. The Labute approximate surface area is 175 Å². The van der Waals surface area contributed by atoms with E-state index in [1.807, 2.05) is 0 Å². The molecule has 4 N–H and O–H groups in total. The number of rotatable bonds is 5. The van der Waals surface area contributed by atoms with Gasteiger partial charge in [0.1, 0.15) is 28.9 Å². The summed E-state index contributed by atoms with van der Waals surface area (Å²) < 4.78 is 10.7. The molecule has 1 aliphatic heterocycles. The van der Waals surface area contributed by atoms with Gasteiger partial charge in [0.15, 0.2) is 11.5 Å². The van der Waals surface area contributed by atoms with Crippen molar-refractivity contribution in [3.05, 3.63) is 57.3 Å². The fourth-order valence-electron chi connectivity index (χ4n) is 3.17. The SMILES string of the molecule is O=C1C(CC=C(Cl)Cl)=C(OC2OC(CO)C(O)C(O)C2O)C(=O)c2ccccc21. The number of fused-ring (bicyclic) bond motifs is 1. The van der Waals surface area contributed by atoms with E-state index >= 15 is 0 Å². The first-order valence-corrected chi connectivity index (χ1v) is 9.41. The van der Waals surface area contributed by atoms with Crippen molar-refractivity contribution < 1.29 is 39.5 Å².